The number of carboxylic acid groups (broad SMARTS) is 1. The van der Waals surface area contributed by atoms with E-state index in [0.717, 1.165) is 44.9 Å². The summed E-state index contributed by atoms with van der Waals surface area (Å²) in [7, 11) is -3.78. The van der Waals surface area contributed by atoms with Crippen LogP contribution in [0.15, 0.2) is 29.2 Å². The van der Waals surface area contributed by atoms with Gasteiger partial charge < -0.3 is 20.2 Å². The quantitative estimate of drug-likeness (QED) is 0.450. The Kier molecular flexibility index (Phi) is 12.2. The number of nitrogens with one attached hydrogen (secondary N) is 1. The minimum atomic E-state index is -5.08. The minimum absolute atomic E-state index is 0.0214. The van der Waals surface area contributed by atoms with Crippen molar-refractivity contribution >= 4 is 21.9 Å². The van der Waals surface area contributed by atoms with E-state index in [1.54, 1.807) is 4.90 Å². The van der Waals surface area contributed by atoms with Crippen LogP contribution in [0.3, 0.4) is 0 Å². The molecule has 2 aliphatic heterocycles. The van der Waals surface area contributed by atoms with E-state index in [1.807, 2.05) is 0 Å². The molecule has 2 N–H and O–H groups in total. The molecule has 1 aromatic carbocycles. The largest absolute Gasteiger partial charge is 0.490 e. The molecule has 0 spiro atoms. The van der Waals surface area contributed by atoms with Crippen LogP contribution in [0.5, 0.6) is 0 Å². The summed E-state index contributed by atoms with van der Waals surface area (Å²) in [6.45, 7) is 6.29. The molecule has 9 nitrogen and oxygen atoms in total. The van der Waals surface area contributed by atoms with Crippen molar-refractivity contribution in [3.8, 4) is 0 Å². The number of carboxylic acids is 1. The van der Waals surface area contributed by atoms with Gasteiger partial charge in [0.05, 0.1) is 4.90 Å². The number of carbonyl (C=O) groups is 2. The summed E-state index contributed by atoms with van der Waals surface area (Å²) in [5, 5.41) is 10.3. The van der Waals surface area contributed by atoms with Crippen molar-refractivity contribution in [1.82, 2.24) is 19.4 Å². The molecule has 0 unspecified atom stereocenters. The van der Waals surface area contributed by atoms with E-state index in [0.29, 0.717) is 26.1 Å². The predicted molar refractivity (Wildman–Crippen MR) is 128 cm³/mol. The third-order valence-electron chi connectivity index (χ3n) is 6.07. The molecule has 0 saturated carbocycles. The number of benzene rings is 1. The third-order valence-corrected chi connectivity index (χ3v) is 7.98. The van der Waals surface area contributed by atoms with E-state index in [4.69, 9.17) is 9.90 Å². The maximum absolute atomic E-state index is 13.3. The second-order valence-electron chi connectivity index (χ2n) is 8.80. The van der Waals surface area contributed by atoms with Crippen molar-refractivity contribution in [1.29, 1.82) is 0 Å². The van der Waals surface area contributed by atoms with Crippen LogP contribution in [0.1, 0.15) is 32.1 Å². The number of amides is 1. The monoisotopic (exact) mass is 554 g/mol. The maximum Gasteiger partial charge on any atom is 0.490 e. The molecule has 210 valence electrons. The lowest BCUT2D eigenvalue weighted by molar-refractivity contribution is -0.192. The minimum Gasteiger partial charge on any atom is -0.475 e. The number of carbonyl (C=O) groups excluding carboxylic acids is 1. The van der Waals surface area contributed by atoms with Crippen molar-refractivity contribution in [2.45, 2.75) is 43.2 Å². The van der Waals surface area contributed by atoms with Crippen LogP contribution in [0, 0.1) is 5.82 Å². The van der Waals surface area contributed by atoms with Crippen LogP contribution >= 0.6 is 0 Å². The first-order valence-corrected chi connectivity index (χ1v) is 13.6. The van der Waals surface area contributed by atoms with E-state index in [-0.39, 0.29) is 23.8 Å². The van der Waals surface area contributed by atoms with Crippen LogP contribution < -0.4 is 5.32 Å². The highest BCUT2D eigenvalue weighted by molar-refractivity contribution is 7.89. The van der Waals surface area contributed by atoms with E-state index in [2.05, 4.69) is 10.2 Å². The summed E-state index contributed by atoms with van der Waals surface area (Å²) in [5.74, 6) is -3.25. The summed E-state index contributed by atoms with van der Waals surface area (Å²) in [4.78, 5) is 25.7. The maximum atomic E-state index is 13.3. The molecule has 3 rings (SSSR count). The Bertz CT molecular complexity index is 964. The Morgan fingerprint density at radius 3 is 2.08 bits per heavy atom. The summed E-state index contributed by atoms with van der Waals surface area (Å²) < 4.78 is 72.7. The number of nitrogens with zero attached hydrogens (tertiary/aromatic N) is 3. The van der Waals surface area contributed by atoms with Crippen molar-refractivity contribution in [3.05, 3.63) is 30.1 Å². The van der Waals surface area contributed by atoms with Crippen LogP contribution in [0.4, 0.5) is 17.6 Å². The molecular weight excluding hydrogens is 520 g/mol. The van der Waals surface area contributed by atoms with Crippen molar-refractivity contribution in [2.24, 2.45) is 0 Å². The number of sulfonamides is 1. The Morgan fingerprint density at radius 1 is 0.973 bits per heavy atom. The van der Waals surface area contributed by atoms with Gasteiger partial charge in [-0.1, -0.05) is 6.42 Å². The van der Waals surface area contributed by atoms with Gasteiger partial charge in [0.1, 0.15) is 5.82 Å². The fourth-order valence-corrected chi connectivity index (χ4v) is 5.53. The first-order chi connectivity index (χ1) is 17.4. The van der Waals surface area contributed by atoms with Crippen LogP contribution in [-0.4, -0.2) is 105 Å². The van der Waals surface area contributed by atoms with E-state index >= 15 is 0 Å². The molecule has 2 fully saturated rings. The fourth-order valence-electron chi connectivity index (χ4n) is 4.05. The highest BCUT2D eigenvalue weighted by atomic mass is 32.2. The number of aliphatic carboxylic acids is 1. The predicted octanol–water partition coefficient (Wildman–Crippen LogP) is 2.15. The van der Waals surface area contributed by atoms with Gasteiger partial charge in [0, 0.05) is 45.7 Å². The molecule has 1 aromatic rings. The van der Waals surface area contributed by atoms with Crippen molar-refractivity contribution in [2.75, 3.05) is 58.9 Å². The Balaban J connectivity index is 0.000000604. The molecular formula is C23H34F4N4O5S. The summed E-state index contributed by atoms with van der Waals surface area (Å²) >= 11 is 0. The average Bonchev–Trinajstić information content (AvgIpc) is 2.87. The zero-order chi connectivity index (χ0) is 27.5. The van der Waals surface area contributed by atoms with Gasteiger partial charge in [-0.05, 0) is 63.2 Å². The van der Waals surface area contributed by atoms with Gasteiger partial charge in [0.25, 0.3) is 0 Å². The molecule has 37 heavy (non-hydrogen) atoms. The highest BCUT2D eigenvalue weighted by Crippen LogP contribution is 2.18. The number of halogens is 4. The smallest absolute Gasteiger partial charge is 0.475 e. The highest BCUT2D eigenvalue weighted by Gasteiger charge is 2.38. The molecule has 14 heteroatoms. The van der Waals surface area contributed by atoms with Gasteiger partial charge in [-0.25, -0.2) is 17.6 Å². The zero-order valence-corrected chi connectivity index (χ0v) is 21.4. The number of alkyl halides is 3. The lowest BCUT2D eigenvalue weighted by Gasteiger charge is -2.30. The van der Waals surface area contributed by atoms with E-state index in [9.17, 15) is 30.8 Å². The van der Waals surface area contributed by atoms with Gasteiger partial charge in [0.2, 0.25) is 15.9 Å². The number of hydrogen-bond donors (Lipinski definition) is 2. The SMILES string of the molecule is O=C(CCN(CCCN1CCCCC1)S(=O)(=O)c1ccc(F)cc1)N1CCNCC1.O=C(O)C(F)(F)F. The number of rotatable bonds is 9. The molecule has 0 radical (unpaired) electrons. The lowest BCUT2D eigenvalue weighted by atomic mass is 10.1. The standard InChI is InChI=1S/C21H33FN4O3S.C2HF3O2/c22-19-5-7-20(8-6-19)30(28,29)26(15-4-14-24-12-2-1-3-13-24)16-9-21(27)25-17-10-23-11-18-25;3-2(4,5)1(6)7/h5-8,23H,1-4,9-18H2;(H,6,7). The topological polar surface area (TPSA) is 110 Å². The Labute approximate surface area is 214 Å². The molecule has 2 heterocycles. The molecule has 0 bridgehead atoms. The van der Waals surface area contributed by atoms with E-state index in [1.165, 1.54) is 35.7 Å². The Morgan fingerprint density at radius 2 is 1.54 bits per heavy atom. The normalized spacial score (nSPS) is 17.3. The average molecular weight is 555 g/mol. The molecule has 1 amide bonds. The summed E-state index contributed by atoms with van der Waals surface area (Å²) in [6.07, 6.45) is -0.574. The van der Waals surface area contributed by atoms with Crippen molar-refractivity contribution in [3.63, 3.8) is 0 Å². The van der Waals surface area contributed by atoms with Gasteiger partial charge in [0.15, 0.2) is 0 Å². The second kappa shape index (κ2) is 14.6. The van der Waals surface area contributed by atoms with Crippen molar-refractivity contribution < 1.29 is 40.7 Å². The number of piperidine rings is 1. The Hall–Kier alpha value is -2.29. The third kappa shape index (κ3) is 10.5. The number of hydrogen-bond acceptors (Lipinski definition) is 6. The van der Waals surface area contributed by atoms with Crippen LogP contribution in [-0.2, 0) is 19.6 Å². The molecule has 0 aliphatic carbocycles. The number of likely N-dealkylation sites (tertiary alicyclic amines) is 1. The lowest BCUT2D eigenvalue weighted by Crippen LogP contribution is -2.47. The van der Waals surface area contributed by atoms with Gasteiger partial charge in [-0.3, -0.25) is 4.79 Å². The fraction of sp³-hybridized carbons (Fsp3) is 0.652. The van der Waals surface area contributed by atoms with Gasteiger partial charge in [-0.15, -0.1) is 0 Å². The van der Waals surface area contributed by atoms with Crippen LogP contribution in [0.25, 0.3) is 0 Å². The van der Waals surface area contributed by atoms with Gasteiger partial charge in [-0.2, -0.15) is 17.5 Å². The molecule has 2 saturated heterocycles. The first kappa shape index (κ1) is 30.9. The summed E-state index contributed by atoms with van der Waals surface area (Å²) in [6, 6.07) is 4.90. The van der Waals surface area contributed by atoms with Crippen LogP contribution in [0.2, 0.25) is 0 Å². The second-order valence-corrected chi connectivity index (χ2v) is 10.7. The van der Waals surface area contributed by atoms with E-state index < -0.39 is 28.0 Å². The first-order valence-electron chi connectivity index (χ1n) is 12.2. The number of piperazine rings is 1. The van der Waals surface area contributed by atoms with Gasteiger partial charge >= 0.3 is 12.1 Å². The molecule has 0 atom stereocenters. The zero-order valence-electron chi connectivity index (χ0n) is 20.6. The molecule has 0 aromatic heterocycles. The summed E-state index contributed by atoms with van der Waals surface area (Å²) in [5.41, 5.74) is 0. The molecule has 2 aliphatic rings.